The van der Waals surface area contributed by atoms with E-state index in [1.807, 2.05) is 0 Å². The van der Waals surface area contributed by atoms with Crippen molar-refractivity contribution < 1.29 is 20.5 Å². The molecule has 0 rings (SSSR count). The fraction of sp³-hybridized carbons (Fsp3) is 0. The maximum absolute atomic E-state index is 8.56. The minimum absolute atomic E-state index is 0. The summed E-state index contributed by atoms with van der Waals surface area (Å²) in [5, 5.41) is 13.9. The Morgan fingerprint density at radius 1 is 1.12 bits per heavy atom. The van der Waals surface area contributed by atoms with Crippen molar-refractivity contribution in [2.45, 2.75) is 0 Å². The number of rotatable bonds is 0. The van der Waals surface area contributed by atoms with E-state index in [9.17, 15) is 0 Å². The summed E-state index contributed by atoms with van der Waals surface area (Å²) in [4.78, 5) is 8.56. The molecule has 4 nitrogen and oxygen atoms in total. The molecule has 0 amide bonds. The van der Waals surface area contributed by atoms with Gasteiger partial charge in [0.15, 0.2) is 34.7 Å². The van der Waals surface area contributed by atoms with E-state index in [4.69, 9.17) is 15.0 Å². The molecule has 0 unspecified atom stereocenters. The van der Waals surface area contributed by atoms with Crippen molar-refractivity contribution in [3.05, 3.63) is 0 Å². The van der Waals surface area contributed by atoms with Gasteiger partial charge in [-0.2, -0.15) is 0 Å². The number of hydrogen-bond acceptors (Lipinski definition) is 1. The molecular weight excluding hydrogens is 137 g/mol. The van der Waals surface area contributed by atoms with Gasteiger partial charge < -0.3 is 15.7 Å². The normalized spacial score (nSPS) is 3.00. The second-order valence-corrected chi connectivity index (χ2v) is 0.283. The second-order valence-electron chi connectivity index (χ2n) is 0.283. The van der Waals surface area contributed by atoms with Crippen LogP contribution in [0.5, 0.6) is 0 Å². The number of hydrogen-bond donors (Lipinski definition) is 2. The van der Waals surface area contributed by atoms with Gasteiger partial charge in [-0.3, -0.25) is 0 Å². The molecule has 0 saturated carbocycles. The summed E-state index contributed by atoms with van der Waals surface area (Å²) >= 11 is 0. The fourth-order valence-corrected chi connectivity index (χ4v) is 0. The average Bonchev–Trinajstić information content (AvgIpc) is 0.811. The Balaban J connectivity index is -0.00000000750. The van der Waals surface area contributed by atoms with E-state index < -0.39 is 6.16 Å². The van der Waals surface area contributed by atoms with Gasteiger partial charge in [-0.25, -0.2) is 4.79 Å². The van der Waals surface area contributed by atoms with Crippen molar-refractivity contribution in [1.82, 2.24) is 0 Å². The van der Waals surface area contributed by atoms with Crippen LogP contribution in [0.1, 0.15) is 0 Å². The van der Waals surface area contributed by atoms with Gasteiger partial charge in [-0.1, -0.05) is 0 Å². The van der Waals surface area contributed by atoms with Gasteiger partial charge in [0.25, 0.3) is 0 Å². The van der Waals surface area contributed by atoms with Crippen LogP contribution in [0.2, 0.25) is 0 Å². The Labute approximate surface area is 80.0 Å². The topological polar surface area (TPSA) is 89.0 Å². The Kier molecular flexibility index (Phi) is 113. The molecule has 0 aliphatic heterocycles. The van der Waals surface area contributed by atoms with E-state index >= 15 is 0 Å². The van der Waals surface area contributed by atoms with Crippen molar-refractivity contribution in [2.75, 3.05) is 0 Å². The third-order valence-corrected chi connectivity index (χ3v) is 0. The van der Waals surface area contributed by atoms with Crippen molar-refractivity contribution in [3.63, 3.8) is 0 Å². The van der Waals surface area contributed by atoms with Crippen LogP contribution in [-0.4, -0.2) is 75.4 Å². The zero-order valence-electron chi connectivity index (χ0n) is 2.30. The van der Waals surface area contributed by atoms with Crippen molar-refractivity contribution in [1.29, 1.82) is 0 Å². The first-order chi connectivity index (χ1) is 1.73. The van der Waals surface area contributed by atoms with Crippen LogP contribution in [0.4, 0.5) is 4.79 Å². The van der Waals surface area contributed by atoms with Crippen LogP contribution < -0.4 is 0 Å². The van der Waals surface area contributed by atoms with E-state index in [0.29, 0.717) is 0 Å². The molecule has 0 aliphatic rings. The minimum atomic E-state index is -1.83. The second kappa shape index (κ2) is 24.7. The first kappa shape index (κ1) is 36.6. The molecule has 0 aliphatic carbocycles. The molecule has 0 saturated heterocycles. The van der Waals surface area contributed by atoms with Gasteiger partial charge in [0, 0.05) is 0 Å². The van der Waals surface area contributed by atoms with Crippen LogP contribution >= 0.6 is 0 Å². The van der Waals surface area contributed by atoms with E-state index in [2.05, 4.69) is 0 Å². The van der Waals surface area contributed by atoms with Crippen LogP contribution in [0.15, 0.2) is 0 Å². The van der Waals surface area contributed by atoms with Gasteiger partial charge in [0.05, 0.1) is 0 Å². The SMILES string of the molecule is O.O=C(O)O.[AlH3].[AlH3].[LiH]. The first-order valence-corrected chi connectivity index (χ1v) is 0.651. The molecule has 0 heterocycles. The van der Waals surface area contributed by atoms with Gasteiger partial charge >= 0.3 is 25.0 Å². The molecule has 8 heavy (non-hydrogen) atoms. The van der Waals surface area contributed by atoms with Crippen LogP contribution in [0.3, 0.4) is 0 Å². The summed E-state index contributed by atoms with van der Waals surface area (Å²) in [6, 6.07) is 0. The molecule has 0 aromatic carbocycles. The molecule has 0 atom stereocenters. The molecule has 0 bridgehead atoms. The van der Waals surface area contributed by atoms with Crippen LogP contribution in [0, 0.1) is 0 Å². The molecule has 0 aromatic heterocycles. The molecule has 0 fully saturated rings. The van der Waals surface area contributed by atoms with Crippen LogP contribution in [0.25, 0.3) is 0 Å². The third-order valence-electron chi connectivity index (χ3n) is 0. The fourth-order valence-electron chi connectivity index (χ4n) is 0. The maximum atomic E-state index is 8.56. The number of carboxylic acid groups (broad SMARTS) is 2. The van der Waals surface area contributed by atoms with E-state index in [0.717, 1.165) is 0 Å². The van der Waals surface area contributed by atoms with Crippen molar-refractivity contribution in [3.8, 4) is 0 Å². The molecule has 46 valence electrons. The van der Waals surface area contributed by atoms with Crippen molar-refractivity contribution >= 4 is 59.7 Å². The predicted molar refractivity (Wildman–Crippen MR) is 41.3 cm³/mol. The van der Waals surface area contributed by atoms with Gasteiger partial charge in [0.2, 0.25) is 0 Å². The monoisotopic (exact) mass is 148 g/mol. The molecule has 4 N–H and O–H groups in total. The molecule has 7 heteroatoms. The molecular formula is CH11Al2LiO4. The molecule has 0 radical (unpaired) electrons. The number of carbonyl (C=O) groups is 1. The predicted octanol–water partition coefficient (Wildman–Crippen LogP) is -3.62. The van der Waals surface area contributed by atoms with Gasteiger partial charge in [-0.05, 0) is 0 Å². The summed E-state index contributed by atoms with van der Waals surface area (Å²) in [5.74, 6) is 0. The first-order valence-electron chi connectivity index (χ1n) is 0.651. The summed E-state index contributed by atoms with van der Waals surface area (Å²) in [6.07, 6.45) is -1.83. The summed E-state index contributed by atoms with van der Waals surface area (Å²) < 4.78 is 0. The summed E-state index contributed by atoms with van der Waals surface area (Å²) in [6.45, 7) is 0. The van der Waals surface area contributed by atoms with E-state index in [1.54, 1.807) is 0 Å². The zero-order valence-corrected chi connectivity index (χ0v) is 2.30. The standard InChI is InChI=1S/CH2O3.2Al.Li.H2O.7H/c2-1(3)4;;;;;;;;;;;/h(H2,2,3,4);;;;1H2;;;;;;;. The summed E-state index contributed by atoms with van der Waals surface area (Å²) in [7, 11) is 0. The van der Waals surface area contributed by atoms with Gasteiger partial charge in [0.1, 0.15) is 0 Å². The molecule has 0 aromatic rings. The van der Waals surface area contributed by atoms with E-state index in [-0.39, 0.29) is 59.1 Å². The molecule has 0 spiro atoms. The average molecular weight is 148 g/mol. The van der Waals surface area contributed by atoms with Crippen LogP contribution in [-0.2, 0) is 0 Å². The third kappa shape index (κ3) is 301. The Morgan fingerprint density at radius 2 is 1.12 bits per heavy atom. The zero-order chi connectivity index (χ0) is 3.58. The summed E-state index contributed by atoms with van der Waals surface area (Å²) in [5.41, 5.74) is 0. The van der Waals surface area contributed by atoms with E-state index in [1.165, 1.54) is 0 Å². The van der Waals surface area contributed by atoms with Gasteiger partial charge in [-0.15, -0.1) is 0 Å². The van der Waals surface area contributed by atoms with Crippen molar-refractivity contribution in [2.24, 2.45) is 0 Å². The Hall–Kier alpha value is 0.892. The Bertz CT molecular complexity index is 37.0. The Morgan fingerprint density at radius 3 is 1.12 bits per heavy atom. The quantitative estimate of drug-likeness (QED) is 0.347.